The maximum Gasteiger partial charge on any atom is 0.137 e. The molecule has 2 heterocycles. The van der Waals surface area contributed by atoms with Crippen LogP contribution in [0.25, 0.3) is 10.9 Å². The van der Waals surface area contributed by atoms with E-state index in [1.165, 1.54) is 12.8 Å². The lowest BCUT2D eigenvalue weighted by Gasteiger charge is -2.32. The molecule has 1 atom stereocenters. The van der Waals surface area contributed by atoms with Crippen LogP contribution >= 0.6 is 0 Å². The lowest BCUT2D eigenvalue weighted by Crippen LogP contribution is -2.39. The molecule has 0 amide bonds. The van der Waals surface area contributed by atoms with Crippen LogP contribution in [0.5, 0.6) is 0 Å². The Morgan fingerprint density at radius 2 is 2.18 bits per heavy atom. The maximum atomic E-state index is 9.09. The fourth-order valence-corrected chi connectivity index (χ4v) is 3.23. The van der Waals surface area contributed by atoms with Gasteiger partial charge in [-0.1, -0.05) is 12.1 Å². The zero-order valence-electron chi connectivity index (χ0n) is 13.1. The monoisotopic (exact) mass is 300 g/mol. The van der Waals surface area contributed by atoms with Crippen molar-refractivity contribution in [1.82, 2.24) is 14.9 Å². The van der Waals surface area contributed by atoms with Crippen molar-refractivity contribution in [3.05, 3.63) is 30.1 Å². The molecule has 0 spiro atoms. The molecule has 5 heteroatoms. The molecule has 1 aliphatic heterocycles. The van der Waals surface area contributed by atoms with Crippen molar-refractivity contribution >= 4 is 16.7 Å². The molecular formula is C17H24N4O. The Hall–Kier alpha value is -1.72. The van der Waals surface area contributed by atoms with E-state index in [1.807, 2.05) is 25.1 Å². The van der Waals surface area contributed by atoms with E-state index >= 15 is 0 Å². The van der Waals surface area contributed by atoms with Crippen LogP contribution in [-0.4, -0.2) is 52.8 Å². The summed E-state index contributed by atoms with van der Waals surface area (Å²) in [5.74, 6) is 2.34. The number of piperidine rings is 1. The van der Waals surface area contributed by atoms with Crippen molar-refractivity contribution in [2.45, 2.75) is 19.8 Å². The van der Waals surface area contributed by atoms with Gasteiger partial charge in [-0.25, -0.2) is 9.97 Å². The number of hydrogen-bond acceptors (Lipinski definition) is 5. The number of rotatable bonds is 5. The summed E-state index contributed by atoms with van der Waals surface area (Å²) in [4.78, 5) is 11.4. The zero-order valence-corrected chi connectivity index (χ0v) is 13.1. The summed E-state index contributed by atoms with van der Waals surface area (Å²) in [6.07, 6.45) is 2.44. The largest absolute Gasteiger partial charge is 0.395 e. The van der Waals surface area contributed by atoms with Gasteiger partial charge in [0, 0.05) is 25.0 Å². The summed E-state index contributed by atoms with van der Waals surface area (Å²) in [5, 5.41) is 13.7. The van der Waals surface area contributed by atoms with E-state index < -0.39 is 0 Å². The van der Waals surface area contributed by atoms with E-state index in [1.54, 1.807) is 0 Å². The summed E-state index contributed by atoms with van der Waals surface area (Å²) in [6.45, 7) is 6.04. The number of aliphatic hydroxyl groups excluding tert-OH is 1. The number of aliphatic hydroxyl groups is 1. The van der Waals surface area contributed by atoms with Crippen molar-refractivity contribution < 1.29 is 5.11 Å². The molecule has 1 saturated heterocycles. The fraction of sp³-hybridized carbons (Fsp3) is 0.529. The number of benzene rings is 1. The molecule has 1 fully saturated rings. The number of aromatic nitrogens is 2. The number of β-amino-alcohol motifs (C(OH)–C–C–N with tert-alkyl or cyclic N) is 1. The number of nitrogens with one attached hydrogen (secondary N) is 1. The van der Waals surface area contributed by atoms with Gasteiger partial charge in [0.2, 0.25) is 0 Å². The molecule has 0 saturated carbocycles. The van der Waals surface area contributed by atoms with E-state index in [-0.39, 0.29) is 6.61 Å². The van der Waals surface area contributed by atoms with Crippen LogP contribution in [0.1, 0.15) is 18.7 Å². The predicted molar refractivity (Wildman–Crippen MR) is 89.0 cm³/mol. The Morgan fingerprint density at radius 1 is 1.32 bits per heavy atom. The predicted octanol–water partition coefficient (Wildman–Crippen LogP) is 2.05. The van der Waals surface area contributed by atoms with E-state index in [0.29, 0.717) is 5.92 Å². The van der Waals surface area contributed by atoms with Crippen molar-refractivity contribution in [3.63, 3.8) is 0 Å². The van der Waals surface area contributed by atoms with Gasteiger partial charge in [-0.15, -0.1) is 0 Å². The van der Waals surface area contributed by atoms with Crippen molar-refractivity contribution in [2.75, 3.05) is 38.1 Å². The first-order valence-electron chi connectivity index (χ1n) is 8.06. The number of nitrogens with zero attached hydrogens (tertiary/aromatic N) is 3. The third-order valence-electron chi connectivity index (χ3n) is 4.29. The Morgan fingerprint density at radius 3 is 3.05 bits per heavy atom. The zero-order chi connectivity index (χ0) is 15.4. The second-order valence-electron chi connectivity index (χ2n) is 6.05. The van der Waals surface area contributed by atoms with Crippen molar-refractivity contribution in [2.24, 2.45) is 5.92 Å². The van der Waals surface area contributed by atoms with Crippen molar-refractivity contribution in [1.29, 1.82) is 0 Å². The van der Waals surface area contributed by atoms with Gasteiger partial charge in [0.05, 0.1) is 12.1 Å². The standard InChI is InChI=1S/C17H24N4O/c1-13-19-16-7-3-2-6-15(16)17(20-13)18-11-14-5-4-8-21(12-14)9-10-22/h2-3,6-7,14,22H,4-5,8-12H2,1H3,(H,18,19,20). The lowest BCUT2D eigenvalue weighted by molar-refractivity contribution is 0.144. The average Bonchev–Trinajstić information content (AvgIpc) is 2.53. The molecule has 2 N–H and O–H groups in total. The molecule has 0 bridgehead atoms. The van der Waals surface area contributed by atoms with E-state index in [0.717, 1.165) is 48.7 Å². The molecule has 1 aromatic carbocycles. The minimum Gasteiger partial charge on any atom is -0.395 e. The number of likely N-dealkylation sites (tertiary alicyclic amines) is 1. The van der Waals surface area contributed by atoms with Gasteiger partial charge < -0.3 is 15.3 Å². The Labute approximate surface area is 131 Å². The van der Waals surface area contributed by atoms with Crippen LogP contribution < -0.4 is 5.32 Å². The van der Waals surface area contributed by atoms with Crippen LogP contribution in [0.3, 0.4) is 0 Å². The number of fused-ring (bicyclic) bond motifs is 1. The number of aryl methyl sites for hydroxylation is 1. The first kappa shape index (κ1) is 15.2. The van der Waals surface area contributed by atoms with Gasteiger partial charge in [0.1, 0.15) is 11.6 Å². The Kier molecular flexibility index (Phi) is 4.85. The van der Waals surface area contributed by atoms with Gasteiger partial charge in [0.15, 0.2) is 0 Å². The third kappa shape index (κ3) is 3.54. The molecule has 5 nitrogen and oxygen atoms in total. The summed E-state index contributed by atoms with van der Waals surface area (Å²) in [7, 11) is 0. The summed E-state index contributed by atoms with van der Waals surface area (Å²) < 4.78 is 0. The summed E-state index contributed by atoms with van der Waals surface area (Å²) in [5.41, 5.74) is 0.989. The number of anilines is 1. The van der Waals surface area contributed by atoms with Gasteiger partial charge >= 0.3 is 0 Å². The van der Waals surface area contributed by atoms with E-state index in [2.05, 4.69) is 26.3 Å². The highest BCUT2D eigenvalue weighted by atomic mass is 16.3. The SMILES string of the molecule is Cc1nc(NCC2CCCN(CCO)C2)c2ccccc2n1. The van der Waals surface area contributed by atoms with Crippen LogP contribution in [-0.2, 0) is 0 Å². The summed E-state index contributed by atoms with van der Waals surface area (Å²) in [6, 6.07) is 8.12. The summed E-state index contributed by atoms with van der Waals surface area (Å²) >= 11 is 0. The van der Waals surface area contributed by atoms with E-state index in [9.17, 15) is 0 Å². The topological polar surface area (TPSA) is 61.3 Å². The van der Waals surface area contributed by atoms with Crippen molar-refractivity contribution in [3.8, 4) is 0 Å². The molecule has 1 aliphatic rings. The number of hydrogen-bond donors (Lipinski definition) is 2. The molecule has 0 aliphatic carbocycles. The fourth-order valence-electron chi connectivity index (χ4n) is 3.23. The highest BCUT2D eigenvalue weighted by Gasteiger charge is 2.19. The lowest BCUT2D eigenvalue weighted by atomic mass is 9.98. The quantitative estimate of drug-likeness (QED) is 0.885. The van der Waals surface area contributed by atoms with Crippen LogP contribution in [0.15, 0.2) is 24.3 Å². The molecular weight excluding hydrogens is 276 g/mol. The molecule has 1 aromatic heterocycles. The first-order chi connectivity index (χ1) is 10.8. The van der Waals surface area contributed by atoms with Crippen LogP contribution in [0.2, 0.25) is 0 Å². The van der Waals surface area contributed by atoms with Gasteiger partial charge in [0.25, 0.3) is 0 Å². The second-order valence-corrected chi connectivity index (χ2v) is 6.05. The highest BCUT2D eigenvalue weighted by molar-refractivity contribution is 5.88. The van der Waals surface area contributed by atoms with Crippen LogP contribution in [0, 0.1) is 12.8 Å². The third-order valence-corrected chi connectivity index (χ3v) is 4.29. The molecule has 2 aromatic rings. The second kappa shape index (κ2) is 7.03. The number of para-hydroxylation sites is 1. The minimum atomic E-state index is 0.246. The Bertz CT molecular complexity index is 629. The minimum absolute atomic E-state index is 0.246. The van der Waals surface area contributed by atoms with Gasteiger partial charge in [-0.05, 0) is 44.4 Å². The van der Waals surface area contributed by atoms with Crippen LogP contribution in [0.4, 0.5) is 5.82 Å². The molecule has 22 heavy (non-hydrogen) atoms. The first-order valence-corrected chi connectivity index (χ1v) is 8.06. The highest BCUT2D eigenvalue weighted by Crippen LogP contribution is 2.22. The van der Waals surface area contributed by atoms with Gasteiger partial charge in [-0.2, -0.15) is 0 Å². The smallest absolute Gasteiger partial charge is 0.137 e. The van der Waals surface area contributed by atoms with E-state index in [4.69, 9.17) is 5.11 Å². The average molecular weight is 300 g/mol. The molecule has 3 rings (SSSR count). The normalized spacial score (nSPS) is 19.5. The Balaban J connectivity index is 1.68. The molecule has 0 radical (unpaired) electrons. The molecule has 118 valence electrons. The maximum absolute atomic E-state index is 9.09. The van der Waals surface area contributed by atoms with Gasteiger partial charge in [-0.3, -0.25) is 0 Å². The molecule has 1 unspecified atom stereocenters.